The van der Waals surface area contributed by atoms with Gasteiger partial charge in [0.25, 0.3) is 0 Å². The van der Waals surface area contributed by atoms with Crippen molar-refractivity contribution in [3.63, 3.8) is 0 Å². The summed E-state index contributed by atoms with van der Waals surface area (Å²) >= 11 is 0. The van der Waals surface area contributed by atoms with Gasteiger partial charge in [-0.25, -0.2) is 4.39 Å². The minimum Gasteiger partial charge on any atom is -0.481 e. The van der Waals surface area contributed by atoms with Crippen molar-refractivity contribution in [2.24, 2.45) is 16.7 Å². The quantitative estimate of drug-likeness (QED) is 0.750. The van der Waals surface area contributed by atoms with Gasteiger partial charge in [-0.1, -0.05) is 41.5 Å². The molecule has 2 atom stereocenters. The van der Waals surface area contributed by atoms with Crippen LogP contribution in [0.25, 0.3) is 0 Å². The van der Waals surface area contributed by atoms with Gasteiger partial charge in [0, 0.05) is 0 Å². The summed E-state index contributed by atoms with van der Waals surface area (Å²) in [6.07, 6.45) is -1.33. The Balaban J connectivity index is 4.96. The van der Waals surface area contributed by atoms with Crippen LogP contribution in [0, 0.1) is 16.7 Å². The maximum Gasteiger partial charge on any atom is 0.310 e. The van der Waals surface area contributed by atoms with Crippen LogP contribution < -0.4 is 0 Å². The number of carboxylic acid groups (broad SMARTS) is 1. The third kappa shape index (κ3) is 3.28. The number of alkyl halides is 1. The molecular formula is C11H21FO2. The van der Waals surface area contributed by atoms with Gasteiger partial charge in [-0.15, -0.1) is 0 Å². The van der Waals surface area contributed by atoms with Gasteiger partial charge in [0.05, 0.1) is 5.92 Å². The molecule has 84 valence electrons. The highest BCUT2D eigenvalue weighted by atomic mass is 19.1. The molecule has 2 unspecified atom stereocenters. The first-order chi connectivity index (χ1) is 5.98. The van der Waals surface area contributed by atoms with Gasteiger partial charge >= 0.3 is 5.97 Å². The van der Waals surface area contributed by atoms with Crippen LogP contribution in [0.5, 0.6) is 0 Å². The molecule has 0 aromatic heterocycles. The molecule has 0 aliphatic carbocycles. The molecule has 0 heterocycles. The molecule has 3 heteroatoms. The van der Waals surface area contributed by atoms with Crippen LogP contribution in [0.15, 0.2) is 0 Å². The van der Waals surface area contributed by atoms with Crippen molar-refractivity contribution in [1.82, 2.24) is 0 Å². The van der Waals surface area contributed by atoms with E-state index in [0.717, 1.165) is 0 Å². The number of carboxylic acids is 1. The Labute approximate surface area is 85.5 Å². The fourth-order valence-electron chi connectivity index (χ4n) is 1.43. The summed E-state index contributed by atoms with van der Waals surface area (Å²) in [5.41, 5.74) is -1.19. The van der Waals surface area contributed by atoms with Crippen LogP contribution in [0.4, 0.5) is 4.39 Å². The maximum atomic E-state index is 13.9. The lowest BCUT2D eigenvalue weighted by molar-refractivity contribution is -0.151. The third-order valence-electron chi connectivity index (χ3n) is 2.32. The normalized spacial score (nSPS) is 17.6. The molecule has 0 saturated carbocycles. The number of hydrogen-bond donors (Lipinski definition) is 1. The first kappa shape index (κ1) is 13.4. The number of rotatable bonds is 2. The van der Waals surface area contributed by atoms with E-state index in [0.29, 0.717) is 0 Å². The lowest BCUT2D eigenvalue weighted by Crippen LogP contribution is -2.42. The number of aliphatic carboxylic acids is 1. The van der Waals surface area contributed by atoms with Gasteiger partial charge in [0.1, 0.15) is 6.17 Å². The lowest BCUT2D eigenvalue weighted by Gasteiger charge is -2.36. The molecule has 0 radical (unpaired) electrons. The van der Waals surface area contributed by atoms with E-state index in [1.807, 2.05) is 0 Å². The average molecular weight is 204 g/mol. The number of halogens is 1. The average Bonchev–Trinajstić information content (AvgIpc) is 1.79. The van der Waals surface area contributed by atoms with Gasteiger partial charge < -0.3 is 5.11 Å². The van der Waals surface area contributed by atoms with Gasteiger partial charge in [-0.2, -0.15) is 0 Å². The monoisotopic (exact) mass is 204 g/mol. The van der Waals surface area contributed by atoms with Crippen LogP contribution in [0.1, 0.15) is 41.5 Å². The fourth-order valence-corrected chi connectivity index (χ4v) is 1.43. The van der Waals surface area contributed by atoms with Gasteiger partial charge in [-0.05, 0) is 10.8 Å². The molecule has 0 saturated heterocycles. The summed E-state index contributed by atoms with van der Waals surface area (Å²) in [7, 11) is 0. The molecule has 0 aliphatic heterocycles. The summed E-state index contributed by atoms with van der Waals surface area (Å²) in [6, 6.07) is 0. The van der Waals surface area contributed by atoms with Crippen molar-refractivity contribution in [3.05, 3.63) is 0 Å². The Morgan fingerprint density at radius 1 is 1.07 bits per heavy atom. The molecular weight excluding hydrogens is 183 g/mol. The van der Waals surface area contributed by atoms with Crippen LogP contribution in [0.3, 0.4) is 0 Å². The molecule has 1 N–H and O–H groups in total. The summed E-state index contributed by atoms with van der Waals surface area (Å²) in [5, 5.41) is 9.00. The molecule has 2 nitrogen and oxygen atoms in total. The van der Waals surface area contributed by atoms with E-state index in [1.165, 1.54) is 0 Å². The van der Waals surface area contributed by atoms with Gasteiger partial charge in [0.15, 0.2) is 0 Å². The van der Waals surface area contributed by atoms with E-state index in [2.05, 4.69) is 0 Å². The topological polar surface area (TPSA) is 37.3 Å². The van der Waals surface area contributed by atoms with Crippen molar-refractivity contribution < 1.29 is 14.3 Å². The maximum absolute atomic E-state index is 13.9. The summed E-state index contributed by atoms with van der Waals surface area (Å²) in [5.74, 6) is -2.01. The van der Waals surface area contributed by atoms with E-state index < -0.39 is 28.9 Å². The fraction of sp³-hybridized carbons (Fsp3) is 0.909. The molecule has 0 amide bonds. The van der Waals surface area contributed by atoms with Crippen molar-refractivity contribution in [2.75, 3.05) is 0 Å². The first-order valence-electron chi connectivity index (χ1n) is 4.85. The van der Waals surface area contributed by atoms with E-state index in [9.17, 15) is 9.18 Å². The van der Waals surface area contributed by atoms with Crippen molar-refractivity contribution in [3.8, 4) is 0 Å². The van der Waals surface area contributed by atoms with E-state index >= 15 is 0 Å². The molecule has 0 rings (SSSR count). The lowest BCUT2D eigenvalue weighted by atomic mass is 9.71. The smallest absolute Gasteiger partial charge is 0.310 e. The largest absolute Gasteiger partial charge is 0.481 e. The Kier molecular flexibility index (Phi) is 3.71. The van der Waals surface area contributed by atoms with E-state index in [1.54, 1.807) is 41.5 Å². The predicted octanol–water partition coefficient (Wildman–Crippen LogP) is 3.12. The van der Waals surface area contributed by atoms with E-state index in [-0.39, 0.29) is 0 Å². The van der Waals surface area contributed by atoms with Crippen LogP contribution in [-0.4, -0.2) is 17.2 Å². The molecule has 0 aromatic carbocycles. The van der Waals surface area contributed by atoms with Crippen LogP contribution in [0.2, 0.25) is 0 Å². The van der Waals surface area contributed by atoms with Crippen molar-refractivity contribution in [1.29, 1.82) is 0 Å². The third-order valence-corrected chi connectivity index (χ3v) is 2.32. The zero-order valence-electron chi connectivity index (χ0n) is 9.89. The summed E-state index contributed by atoms with van der Waals surface area (Å²) in [6.45, 7) is 10.4. The molecule has 0 bridgehead atoms. The Morgan fingerprint density at radius 3 is 1.50 bits per heavy atom. The molecule has 0 spiro atoms. The number of carbonyl (C=O) groups is 1. The molecule has 14 heavy (non-hydrogen) atoms. The van der Waals surface area contributed by atoms with Crippen molar-refractivity contribution in [2.45, 2.75) is 47.7 Å². The second-order valence-corrected chi connectivity index (χ2v) is 5.95. The summed E-state index contributed by atoms with van der Waals surface area (Å²) in [4.78, 5) is 11.0. The molecule has 0 fully saturated rings. The molecule has 0 aliphatic rings. The first-order valence-corrected chi connectivity index (χ1v) is 4.85. The highest BCUT2D eigenvalue weighted by molar-refractivity contribution is 5.71. The highest BCUT2D eigenvalue weighted by Gasteiger charge is 2.43. The Hall–Kier alpha value is -0.600. The standard InChI is InChI=1S/C11H21FO2/c1-10(2,3)7(9(13)14)8(12)11(4,5)6/h7-8H,1-6H3,(H,13,14). The minimum absolute atomic E-state index is 0.557. The van der Waals surface area contributed by atoms with Crippen LogP contribution >= 0.6 is 0 Å². The van der Waals surface area contributed by atoms with Gasteiger partial charge in [0.2, 0.25) is 0 Å². The minimum atomic E-state index is -1.33. The highest BCUT2D eigenvalue weighted by Crippen LogP contribution is 2.38. The van der Waals surface area contributed by atoms with Crippen LogP contribution in [-0.2, 0) is 4.79 Å². The number of hydrogen-bond acceptors (Lipinski definition) is 1. The predicted molar refractivity (Wildman–Crippen MR) is 54.9 cm³/mol. The Morgan fingerprint density at radius 2 is 1.43 bits per heavy atom. The second kappa shape index (κ2) is 3.87. The van der Waals surface area contributed by atoms with Gasteiger partial charge in [-0.3, -0.25) is 4.79 Å². The van der Waals surface area contributed by atoms with Crippen molar-refractivity contribution >= 4 is 5.97 Å². The Bertz CT molecular complexity index is 210. The zero-order chi connectivity index (χ0) is 11.7. The second-order valence-electron chi connectivity index (χ2n) is 5.95. The molecule has 0 aromatic rings. The summed E-state index contributed by atoms with van der Waals surface area (Å²) < 4.78 is 13.9. The van der Waals surface area contributed by atoms with E-state index in [4.69, 9.17) is 5.11 Å². The zero-order valence-corrected chi connectivity index (χ0v) is 9.89. The SMILES string of the molecule is CC(C)(C)C(F)C(C(=O)O)C(C)(C)C.